The average molecular weight is 402 g/mol. The monoisotopic (exact) mass is 401 g/mol. The summed E-state index contributed by atoms with van der Waals surface area (Å²) in [5.41, 5.74) is 0.648. The Morgan fingerprint density at radius 1 is 1.21 bits per heavy atom. The number of likely N-dealkylation sites (N-methyl/N-ethyl adjacent to an activating group) is 1. The van der Waals surface area contributed by atoms with Crippen LogP contribution in [0.1, 0.15) is 52.1 Å². The van der Waals surface area contributed by atoms with E-state index in [1.165, 1.54) is 4.90 Å². The normalized spacial score (nSPS) is 23.1. The summed E-state index contributed by atoms with van der Waals surface area (Å²) in [6.45, 7) is 9.46. The van der Waals surface area contributed by atoms with Gasteiger partial charge in [0, 0.05) is 32.3 Å². The van der Waals surface area contributed by atoms with Gasteiger partial charge in [0.15, 0.2) is 0 Å². The average Bonchev–Trinajstić information content (AvgIpc) is 2.70. The summed E-state index contributed by atoms with van der Waals surface area (Å²) in [6, 6.07) is 9.09. The molecule has 29 heavy (non-hydrogen) atoms. The van der Waals surface area contributed by atoms with Crippen molar-refractivity contribution in [3.63, 3.8) is 0 Å². The summed E-state index contributed by atoms with van der Waals surface area (Å²) in [7, 11) is 0. The van der Waals surface area contributed by atoms with Crippen molar-refractivity contribution in [2.45, 2.75) is 58.2 Å². The quantitative estimate of drug-likeness (QED) is 0.728. The SMILES string of the molecule is CCN1CCN(C(=O)N(C2CCOC(C)(C)C2)C(C)c2ccccc2)C(=O)C1=O. The van der Waals surface area contributed by atoms with Gasteiger partial charge in [-0.15, -0.1) is 0 Å². The van der Waals surface area contributed by atoms with E-state index in [1.807, 2.05) is 58.0 Å². The lowest BCUT2D eigenvalue weighted by Gasteiger charge is -2.45. The van der Waals surface area contributed by atoms with Crippen molar-refractivity contribution in [3.8, 4) is 0 Å². The predicted octanol–water partition coefficient (Wildman–Crippen LogP) is 2.82. The number of imide groups is 1. The molecule has 0 aromatic heterocycles. The minimum absolute atomic E-state index is 0.0754. The summed E-state index contributed by atoms with van der Waals surface area (Å²) in [5.74, 6) is -1.34. The van der Waals surface area contributed by atoms with E-state index < -0.39 is 17.8 Å². The van der Waals surface area contributed by atoms with Crippen LogP contribution in [0.4, 0.5) is 4.79 Å². The number of hydrogen-bond donors (Lipinski definition) is 0. The molecule has 0 aliphatic carbocycles. The lowest BCUT2D eigenvalue weighted by Crippen LogP contribution is -2.61. The van der Waals surface area contributed by atoms with E-state index in [2.05, 4.69) is 0 Å². The molecular weight excluding hydrogens is 370 g/mol. The number of rotatable bonds is 4. The first-order valence-electron chi connectivity index (χ1n) is 10.4. The van der Waals surface area contributed by atoms with Crippen LogP contribution in [0.2, 0.25) is 0 Å². The second kappa shape index (κ2) is 8.53. The molecule has 0 saturated carbocycles. The Kier molecular flexibility index (Phi) is 6.27. The molecule has 2 saturated heterocycles. The zero-order chi connectivity index (χ0) is 21.2. The number of hydrogen-bond acceptors (Lipinski definition) is 4. The first-order chi connectivity index (χ1) is 13.7. The van der Waals surface area contributed by atoms with E-state index in [0.717, 1.165) is 10.5 Å². The summed E-state index contributed by atoms with van der Waals surface area (Å²) >= 11 is 0. The number of carbonyl (C=O) groups is 3. The van der Waals surface area contributed by atoms with E-state index in [-0.39, 0.29) is 24.2 Å². The van der Waals surface area contributed by atoms with E-state index in [9.17, 15) is 14.4 Å². The Labute approximate surface area is 172 Å². The second-order valence-electron chi connectivity index (χ2n) is 8.37. The number of amides is 4. The van der Waals surface area contributed by atoms with Crippen LogP contribution in [0.3, 0.4) is 0 Å². The van der Waals surface area contributed by atoms with Gasteiger partial charge in [-0.25, -0.2) is 4.79 Å². The van der Waals surface area contributed by atoms with Crippen LogP contribution >= 0.6 is 0 Å². The Hall–Kier alpha value is -2.41. The Morgan fingerprint density at radius 3 is 2.52 bits per heavy atom. The minimum Gasteiger partial charge on any atom is -0.375 e. The molecule has 2 heterocycles. The van der Waals surface area contributed by atoms with E-state index in [0.29, 0.717) is 32.5 Å². The number of urea groups is 1. The minimum atomic E-state index is -0.736. The van der Waals surface area contributed by atoms with Gasteiger partial charge in [-0.05, 0) is 46.1 Å². The van der Waals surface area contributed by atoms with Crippen LogP contribution in [0, 0.1) is 0 Å². The molecule has 0 radical (unpaired) electrons. The summed E-state index contributed by atoms with van der Waals surface area (Å²) in [4.78, 5) is 43.0. The van der Waals surface area contributed by atoms with Gasteiger partial charge in [-0.2, -0.15) is 0 Å². The molecule has 0 N–H and O–H groups in total. The molecular formula is C22H31N3O4. The van der Waals surface area contributed by atoms with Gasteiger partial charge in [0.2, 0.25) is 0 Å². The summed E-state index contributed by atoms with van der Waals surface area (Å²) in [5, 5.41) is 0. The number of piperazine rings is 1. The van der Waals surface area contributed by atoms with Crippen LogP contribution in [-0.4, -0.2) is 70.4 Å². The first-order valence-corrected chi connectivity index (χ1v) is 10.4. The third-order valence-corrected chi connectivity index (χ3v) is 5.91. The fraction of sp³-hybridized carbons (Fsp3) is 0.591. The molecule has 2 fully saturated rings. The molecule has 7 heteroatoms. The maximum absolute atomic E-state index is 13.6. The lowest BCUT2D eigenvalue weighted by molar-refractivity contribution is -0.154. The third-order valence-electron chi connectivity index (χ3n) is 5.91. The summed E-state index contributed by atoms with van der Waals surface area (Å²) < 4.78 is 5.84. The van der Waals surface area contributed by atoms with Crippen molar-refractivity contribution < 1.29 is 19.1 Å². The van der Waals surface area contributed by atoms with Crippen molar-refractivity contribution in [1.29, 1.82) is 0 Å². The number of nitrogens with zero attached hydrogens (tertiary/aromatic N) is 3. The van der Waals surface area contributed by atoms with Crippen LogP contribution in [0.5, 0.6) is 0 Å². The molecule has 4 amide bonds. The second-order valence-corrected chi connectivity index (χ2v) is 8.37. The van der Waals surface area contributed by atoms with Crippen molar-refractivity contribution in [2.75, 3.05) is 26.2 Å². The van der Waals surface area contributed by atoms with Crippen molar-refractivity contribution >= 4 is 17.8 Å². The highest BCUT2D eigenvalue weighted by atomic mass is 16.5. The van der Waals surface area contributed by atoms with E-state index >= 15 is 0 Å². The molecule has 1 aromatic rings. The molecule has 2 aliphatic heterocycles. The smallest absolute Gasteiger partial charge is 0.327 e. The topological polar surface area (TPSA) is 70.2 Å². The molecule has 2 atom stereocenters. The van der Waals surface area contributed by atoms with Crippen LogP contribution in [0.25, 0.3) is 0 Å². The van der Waals surface area contributed by atoms with Crippen molar-refractivity contribution in [3.05, 3.63) is 35.9 Å². The van der Waals surface area contributed by atoms with Gasteiger partial charge in [0.1, 0.15) is 0 Å². The number of ether oxygens (including phenoxy) is 1. The lowest BCUT2D eigenvalue weighted by atomic mass is 9.91. The molecule has 7 nitrogen and oxygen atoms in total. The van der Waals surface area contributed by atoms with Gasteiger partial charge >= 0.3 is 17.8 Å². The van der Waals surface area contributed by atoms with Gasteiger partial charge in [0.05, 0.1) is 11.6 Å². The van der Waals surface area contributed by atoms with Crippen molar-refractivity contribution in [2.24, 2.45) is 0 Å². The molecule has 2 unspecified atom stereocenters. The largest absolute Gasteiger partial charge is 0.375 e. The van der Waals surface area contributed by atoms with Crippen LogP contribution < -0.4 is 0 Å². The van der Waals surface area contributed by atoms with E-state index in [1.54, 1.807) is 4.90 Å². The number of benzene rings is 1. The highest BCUT2D eigenvalue weighted by molar-refractivity contribution is 6.38. The maximum atomic E-state index is 13.6. The predicted molar refractivity (Wildman–Crippen MR) is 109 cm³/mol. The van der Waals surface area contributed by atoms with Gasteiger partial charge in [-0.3, -0.25) is 14.5 Å². The zero-order valence-corrected chi connectivity index (χ0v) is 17.8. The molecule has 3 rings (SSSR count). The van der Waals surface area contributed by atoms with Gasteiger partial charge in [0.25, 0.3) is 0 Å². The summed E-state index contributed by atoms with van der Waals surface area (Å²) in [6.07, 6.45) is 1.37. The highest BCUT2D eigenvalue weighted by Crippen LogP contribution is 2.33. The fourth-order valence-corrected chi connectivity index (χ4v) is 4.27. The molecule has 1 aromatic carbocycles. The molecule has 0 spiro atoms. The van der Waals surface area contributed by atoms with Crippen LogP contribution in [-0.2, 0) is 14.3 Å². The van der Waals surface area contributed by atoms with Crippen molar-refractivity contribution in [1.82, 2.24) is 14.7 Å². The highest BCUT2D eigenvalue weighted by Gasteiger charge is 2.43. The number of carbonyl (C=O) groups excluding carboxylic acids is 3. The first kappa shape index (κ1) is 21.3. The Balaban J connectivity index is 1.91. The third kappa shape index (κ3) is 4.45. The maximum Gasteiger partial charge on any atom is 0.327 e. The zero-order valence-electron chi connectivity index (χ0n) is 17.8. The molecule has 158 valence electrons. The molecule has 0 bridgehead atoms. The van der Waals surface area contributed by atoms with Gasteiger partial charge < -0.3 is 14.5 Å². The molecule has 2 aliphatic rings. The van der Waals surface area contributed by atoms with Crippen LogP contribution in [0.15, 0.2) is 30.3 Å². The van der Waals surface area contributed by atoms with E-state index in [4.69, 9.17) is 4.74 Å². The fourth-order valence-electron chi connectivity index (χ4n) is 4.27. The Bertz CT molecular complexity index is 765. The van der Waals surface area contributed by atoms with Gasteiger partial charge in [-0.1, -0.05) is 30.3 Å². The standard InChI is InChI=1S/C22H31N3O4/c1-5-23-12-13-24(20(27)19(23)26)21(28)25(16(2)17-9-7-6-8-10-17)18-11-14-29-22(3,4)15-18/h6-10,16,18H,5,11-15H2,1-4H3. The Morgan fingerprint density at radius 2 is 1.90 bits per heavy atom.